The van der Waals surface area contributed by atoms with Gasteiger partial charge < -0.3 is 15.1 Å². The lowest BCUT2D eigenvalue weighted by Crippen LogP contribution is -2.27. The third-order valence-electron chi connectivity index (χ3n) is 5.28. The van der Waals surface area contributed by atoms with Crippen LogP contribution >= 0.6 is 0 Å². The molecule has 4 rings (SSSR count). The Labute approximate surface area is 199 Å². The van der Waals surface area contributed by atoms with E-state index in [1.54, 1.807) is 25.3 Å². The summed E-state index contributed by atoms with van der Waals surface area (Å²) in [5.41, 5.74) is 1.14. The van der Waals surface area contributed by atoms with Crippen molar-refractivity contribution in [2.75, 3.05) is 23.7 Å². The number of hydrogen-bond acceptors (Lipinski definition) is 6. The highest BCUT2D eigenvalue weighted by Crippen LogP contribution is 2.35. The molecule has 10 heteroatoms. The highest BCUT2D eigenvalue weighted by molar-refractivity contribution is 5.71. The number of benzene rings is 2. The van der Waals surface area contributed by atoms with E-state index < -0.39 is 17.3 Å². The van der Waals surface area contributed by atoms with Gasteiger partial charge in [0.1, 0.15) is 5.69 Å². The molecule has 0 aliphatic heterocycles. The Hall–Kier alpha value is -4.08. The van der Waals surface area contributed by atoms with E-state index >= 15 is 0 Å². The molecular weight excluding hydrogens is 459 g/mol. The van der Waals surface area contributed by atoms with Crippen LogP contribution in [0.4, 0.5) is 24.5 Å². The molecule has 0 spiro atoms. The number of rotatable bonds is 7. The van der Waals surface area contributed by atoms with Crippen molar-refractivity contribution >= 4 is 11.4 Å². The fraction of sp³-hybridized carbons (Fsp3) is 0.240. The molecule has 182 valence electrons. The standard InChI is InChI=1S/C25H24F3N5O2/c1-4-30-18-6-7-19(25(26,27)28)22(11-18)33-24(34)21(31-5-2)12-20(32-33)16-8-15(3)9-17(10-16)23-13-29-14-35-23/h6-14,30-31H,4-5H2,1-3H3. The van der Waals surface area contributed by atoms with E-state index in [4.69, 9.17) is 4.42 Å². The highest BCUT2D eigenvalue weighted by Gasteiger charge is 2.35. The maximum absolute atomic E-state index is 13.9. The van der Waals surface area contributed by atoms with Crippen molar-refractivity contribution in [2.24, 2.45) is 0 Å². The van der Waals surface area contributed by atoms with Gasteiger partial charge in [0.2, 0.25) is 0 Å². The van der Waals surface area contributed by atoms with Crippen LogP contribution in [0.3, 0.4) is 0 Å². The Morgan fingerprint density at radius 2 is 1.74 bits per heavy atom. The minimum atomic E-state index is -4.68. The quantitative estimate of drug-likeness (QED) is 0.348. The van der Waals surface area contributed by atoms with Crippen LogP contribution in [0.2, 0.25) is 0 Å². The Morgan fingerprint density at radius 3 is 2.40 bits per heavy atom. The summed E-state index contributed by atoms with van der Waals surface area (Å²) in [5.74, 6) is 0.535. The van der Waals surface area contributed by atoms with Crippen molar-refractivity contribution in [3.8, 4) is 28.3 Å². The maximum Gasteiger partial charge on any atom is 0.418 e. The number of aromatic nitrogens is 3. The van der Waals surface area contributed by atoms with Gasteiger partial charge in [0.25, 0.3) is 5.56 Å². The number of halogens is 3. The van der Waals surface area contributed by atoms with E-state index in [2.05, 4.69) is 20.7 Å². The second kappa shape index (κ2) is 9.65. The number of oxazole rings is 1. The molecule has 0 fully saturated rings. The van der Waals surface area contributed by atoms with Gasteiger partial charge in [-0.05, 0) is 68.8 Å². The van der Waals surface area contributed by atoms with E-state index in [1.165, 1.54) is 18.5 Å². The first-order valence-corrected chi connectivity index (χ1v) is 11.1. The molecule has 0 atom stereocenters. The Kier molecular flexibility index (Phi) is 6.63. The number of aryl methyl sites for hydroxylation is 1. The summed E-state index contributed by atoms with van der Waals surface area (Å²) in [5, 5.41) is 10.3. The van der Waals surface area contributed by atoms with E-state index in [9.17, 15) is 18.0 Å². The molecule has 2 aromatic carbocycles. The summed E-state index contributed by atoms with van der Waals surface area (Å²) in [6.07, 6.45) is -1.80. The summed E-state index contributed by atoms with van der Waals surface area (Å²) >= 11 is 0. The summed E-state index contributed by atoms with van der Waals surface area (Å²) in [6, 6.07) is 10.6. The van der Waals surface area contributed by atoms with Gasteiger partial charge in [-0.15, -0.1) is 0 Å². The smallest absolute Gasteiger partial charge is 0.418 e. The number of hydrogen-bond donors (Lipinski definition) is 2. The van der Waals surface area contributed by atoms with Crippen LogP contribution in [0.15, 0.2) is 64.3 Å². The van der Waals surface area contributed by atoms with Gasteiger partial charge in [0.15, 0.2) is 12.2 Å². The van der Waals surface area contributed by atoms with Gasteiger partial charge in [0.05, 0.1) is 23.1 Å². The van der Waals surface area contributed by atoms with Crippen LogP contribution in [-0.2, 0) is 6.18 Å². The van der Waals surface area contributed by atoms with Gasteiger partial charge in [0, 0.05) is 29.9 Å². The molecule has 2 aromatic heterocycles. The summed E-state index contributed by atoms with van der Waals surface area (Å²) in [7, 11) is 0. The number of nitrogens with one attached hydrogen (secondary N) is 2. The zero-order valence-electron chi connectivity index (χ0n) is 19.4. The first kappa shape index (κ1) is 24.1. The predicted octanol–water partition coefficient (Wildman–Crippen LogP) is 5.75. The fourth-order valence-corrected chi connectivity index (χ4v) is 3.81. The zero-order valence-corrected chi connectivity index (χ0v) is 19.4. The topological polar surface area (TPSA) is 85.0 Å². The van der Waals surface area contributed by atoms with Gasteiger partial charge >= 0.3 is 6.18 Å². The van der Waals surface area contributed by atoms with Crippen LogP contribution in [0, 0.1) is 6.92 Å². The minimum absolute atomic E-state index is 0.141. The van der Waals surface area contributed by atoms with E-state index in [0.717, 1.165) is 21.9 Å². The molecular formula is C25H24F3N5O2. The van der Waals surface area contributed by atoms with Crippen LogP contribution in [0.5, 0.6) is 0 Å². The lowest BCUT2D eigenvalue weighted by Gasteiger charge is -2.18. The normalized spacial score (nSPS) is 11.5. The average molecular weight is 483 g/mol. The highest BCUT2D eigenvalue weighted by atomic mass is 19.4. The second-order valence-corrected chi connectivity index (χ2v) is 7.90. The minimum Gasteiger partial charge on any atom is -0.444 e. The van der Waals surface area contributed by atoms with E-state index in [0.29, 0.717) is 35.8 Å². The van der Waals surface area contributed by atoms with Crippen LogP contribution in [0.1, 0.15) is 25.0 Å². The van der Waals surface area contributed by atoms with Crippen molar-refractivity contribution in [2.45, 2.75) is 26.9 Å². The Bertz CT molecular complexity index is 1400. The molecule has 2 heterocycles. The number of nitrogens with zero attached hydrogens (tertiary/aromatic N) is 3. The Balaban J connectivity index is 1.97. The van der Waals surface area contributed by atoms with Crippen molar-refractivity contribution in [3.05, 3.63) is 76.5 Å². The molecule has 0 bridgehead atoms. The van der Waals surface area contributed by atoms with Crippen LogP contribution in [0.25, 0.3) is 28.3 Å². The molecule has 35 heavy (non-hydrogen) atoms. The summed E-state index contributed by atoms with van der Waals surface area (Å²) in [6.45, 7) is 6.41. The van der Waals surface area contributed by atoms with Crippen molar-refractivity contribution in [1.29, 1.82) is 0 Å². The van der Waals surface area contributed by atoms with Gasteiger partial charge in [-0.2, -0.15) is 23.0 Å². The van der Waals surface area contributed by atoms with Crippen molar-refractivity contribution in [1.82, 2.24) is 14.8 Å². The van der Waals surface area contributed by atoms with Crippen LogP contribution < -0.4 is 16.2 Å². The molecule has 0 aliphatic rings. The molecule has 2 N–H and O–H groups in total. The second-order valence-electron chi connectivity index (χ2n) is 7.90. The van der Waals surface area contributed by atoms with Gasteiger partial charge in [-0.3, -0.25) is 4.79 Å². The third kappa shape index (κ3) is 5.06. The third-order valence-corrected chi connectivity index (χ3v) is 5.28. The maximum atomic E-state index is 13.9. The average Bonchev–Trinajstić information content (AvgIpc) is 3.35. The predicted molar refractivity (Wildman–Crippen MR) is 129 cm³/mol. The first-order chi connectivity index (χ1) is 16.7. The fourth-order valence-electron chi connectivity index (χ4n) is 3.81. The molecule has 0 unspecified atom stereocenters. The number of anilines is 2. The largest absolute Gasteiger partial charge is 0.444 e. The lowest BCUT2D eigenvalue weighted by atomic mass is 10.0. The summed E-state index contributed by atoms with van der Waals surface area (Å²) in [4.78, 5) is 17.2. The number of alkyl halides is 3. The molecule has 0 saturated heterocycles. The molecule has 4 aromatic rings. The SMILES string of the molecule is CCNc1ccc(C(F)(F)F)c(-n2nc(-c3cc(C)cc(-c4cnco4)c3)cc(NCC)c2=O)c1. The zero-order chi connectivity index (χ0) is 25.2. The molecule has 0 radical (unpaired) electrons. The van der Waals surface area contributed by atoms with E-state index in [1.807, 2.05) is 26.0 Å². The monoisotopic (exact) mass is 483 g/mol. The van der Waals surface area contributed by atoms with Gasteiger partial charge in [-0.25, -0.2) is 4.98 Å². The first-order valence-electron chi connectivity index (χ1n) is 11.1. The lowest BCUT2D eigenvalue weighted by molar-refractivity contribution is -0.137. The Morgan fingerprint density at radius 1 is 1.00 bits per heavy atom. The van der Waals surface area contributed by atoms with Crippen molar-refractivity contribution < 1.29 is 17.6 Å². The van der Waals surface area contributed by atoms with Crippen LogP contribution in [-0.4, -0.2) is 27.9 Å². The molecule has 0 amide bonds. The van der Waals surface area contributed by atoms with Gasteiger partial charge in [-0.1, -0.05) is 0 Å². The molecule has 7 nitrogen and oxygen atoms in total. The van der Waals surface area contributed by atoms with E-state index in [-0.39, 0.29) is 11.4 Å². The molecule has 0 saturated carbocycles. The molecule has 0 aliphatic carbocycles. The van der Waals surface area contributed by atoms with Crippen molar-refractivity contribution in [3.63, 3.8) is 0 Å². The summed E-state index contributed by atoms with van der Waals surface area (Å²) < 4.78 is 48.0.